The molecule has 0 amide bonds. The van der Waals surface area contributed by atoms with E-state index in [4.69, 9.17) is 4.74 Å². The smallest absolute Gasteiger partial charge is 0.130 e. The van der Waals surface area contributed by atoms with Crippen molar-refractivity contribution in [2.75, 3.05) is 20.2 Å². The van der Waals surface area contributed by atoms with Crippen LogP contribution in [0.4, 0.5) is 4.39 Å². The van der Waals surface area contributed by atoms with Crippen molar-refractivity contribution in [1.82, 2.24) is 5.32 Å². The summed E-state index contributed by atoms with van der Waals surface area (Å²) in [4.78, 5) is 0. The summed E-state index contributed by atoms with van der Waals surface area (Å²) in [6, 6.07) is 3.67. The van der Waals surface area contributed by atoms with Crippen LogP contribution >= 0.6 is 0 Å². The molecule has 2 rings (SSSR count). The van der Waals surface area contributed by atoms with Crippen LogP contribution in [0.5, 0.6) is 5.75 Å². The summed E-state index contributed by atoms with van der Waals surface area (Å²) >= 11 is 0. The van der Waals surface area contributed by atoms with Crippen molar-refractivity contribution in [3.8, 4) is 5.75 Å². The summed E-state index contributed by atoms with van der Waals surface area (Å²) in [6.45, 7) is 5.92. The number of ether oxygens (including phenoxy) is 1. The maximum Gasteiger partial charge on any atom is 0.130 e. The molecule has 17 heavy (non-hydrogen) atoms. The Labute approximate surface area is 102 Å². The normalized spacial score (nSPS) is 19.9. The Morgan fingerprint density at radius 1 is 1.41 bits per heavy atom. The molecule has 3 heteroatoms. The summed E-state index contributed by atoms with van der Waals surface area (Å²) in [5.74, 6) is 1.10. The predicted molar refractivity (Wildman–Crippen MR) is 67.3 cm³/mol. The Morgan fingerprint density at radius 2 is 2.18 bits per heavy atom. The molecule has 1 N–H and O–H groups in total. The van der Waals surface area contributed by atoms with Gasteiger partial charge in [0.15, 0.2) is 0 Å². The number of benzene rings is 1. The third-order valence-electron chi connectivity index (χ3n) is 3.44. The highest BCUT2D eigenvalue weighted by Gasteiger charge is 2.21. The van der Waals surface area contributed by atoms with E-state index in [2.05, 4.69) is 5.32 Å². The lowest BCUT2D eigenvalue weighted by atomic mass is 9.93. The highest BCUT2D eigenvalue weighted by Crippen LogP contribution is 2.34. The number of halogens is 1. The molecule has 1 aliphatic heterocycles. The minimum atomic E-state index is -0.138. The van der Waals surface area contributed by atoms with Gasteiger partial charge in [-0.3, -0.25) is 0 Å². The van der Waals surface area contributed by atoms with Crippen LogP contribution < -0.4 is 10.1 Å². The maximum atomic E-state index is 14.1. The van der Waals surface area contributed by atoms with Crippen molar-refractivity contribution in [2.24, 2.45) is 0 Å². The van der Waals surface area contributed by atoms with Gasteiger partial charge in [-0.25, -0.2) is 4.39 Å². The van der Waals surface area contributed by atoms with Gasteiger partial charge in [0.05, 0.1) is 7.11 Å². The lowest BCUT2D eigenvalue weighted by molar-refractivity contribution is 0.400. The topological polar surface area (TPSA) is 21.3 Å². The lowest BCUT2D eigenvalue weighted by Gasteiger charge is -2.17. The summed E-state index contributed by atoms with van der Waals surface area (Å²) in [6.07, 6.45) is 1.07. The average Bonchev–Trinajstić information content (AvgIpc) is 2.80. The van der Waals surface area contributed by atoms with Crippen LogP contribution in [0.1, 0.15) is 43.2 Å². The molecule has 1 atom stereocenters. The molecule has 1 aliphatic rings. The van der Waals surface area contributed by atoms with Crippen molar-refractivity contribution < 1.29 is 9.13 Å². The fourth-order valence-corrected chi connectivity index (χ4v) is 2.52. The third-order valence-corrected chi connectivity index (χ3v) is 3.44. The molecule has 1 heterocycles. The highest BCUT2D eigenvalue weighted by atomic mass is 19.1. The van der Waals surface area contributed by atoms with Crippen molar-refractivity contribution in [3.05, 3.63) is 29.1 Å². The first-order valence-electron chi connectivity index (χ1n) is 6.21. The van der Waals surface area contributed by atoms with E-state index in [-0.39, 0.29) is 11.7 Å². The Bertz CT molecular complexity index is 397. The van der Waals surface area contributed by atoms with Gasteiger partial charge in [0.2, 0.25) is 0 Å². The van der Waals surface area contributed by atoms with E-state index in [1.165, 1.54) is 0 Å². The number of rotatable bonds is 3. The van der Waals surface area contributed by atoms with Gasteiger partial charge in [-0.2, -0.15) is 0 Å². The summed E-state index contributed by atoms with van der Waals surface area (Å²) in [5.41, 5.74) is 1.73. The monoisotopic (exact) mass is 237 g/mol. The Kier molecular flexibility index (Phi) is 3.67. The van der Waals surface area contributed by atoms with E-state index in [9.17, 15) is 4.39 Å². The molecule has 0 spiro atoms. The number of hydrogen-bond acceptors (Lipinski definition) is 2. The minimum absolute atomic E-state index is 0.138. The summed E-state index contributed by atoms with van der Waals surface area (Å²) in [7, 11) is 1.61. The first-order valence-corrected chi connectivity index (χ1v) is 6.21. The van der Waals surface area contributed by atoms with Crippen LogP contribution in [0.2, 0.25) is 0 Å². The zero-order valence-corrected chi connectivity index (χ0v) is 10.7. The van der Waals surface area contributed by atoms with E-state index in [0.717, 1.165) is 25.1 Å². The molecule has 1 unspecified atom stereocenters. The van der Waals surface area contributed by atoms with Crippen LogP contribution in [0.15, 0.2) is 12.1 Å². The Hall–Kier alpha value is -1.09. The molecular weight excluding hydrogens is 217 g/mol. The fraction of sp³-hybridized carbons (Fsp3) is 0.571. The molecule has 1 aromatic carbocycles. The summed E-state index contributed by atoms with van der Waals surface area (Å²) in [5, 5.41) is 3.30. The predicted octanol–water partition coefficient (Wildman–Crippen LogP) is 3.03. The molecule has 0 aliphatic carbocycles. The van der Waals surface area contributed by atoms with Gasteiger partial charge in [-0.15, -0.1) is 0 Å². The zero-order chi connectivity index (χ0) is 12.4. The molecule has 0 radical (unpaired) electrons. The standard InChI is InChI=1S/C14H20FNO/c1-9(2)14-12(15)6-11(7-13(14)17-3)10-4-5-16-8-10/h6-7,9-10,16H,4-5,8H2,1-3H3. The van der Waals surface area contributed by atoms with Crippen LogP contribution in [0.3, 0.4) is 0 Å². The lowest BCUT2D eigenvalue weighted by Crippen LogP contribution is -2.09. The second-order valence-corrected chi connectivity index (χ2v) is 4.96. The third kappa shape index (κ3) is 2.44. The first-order chi connectivity index (χ1) is 8.13. The second kappa shape index (κ2) is 5.05. The van der Waals surface area contributed by atoms with Gasteiger partial charge >= 0.3 is 0 Å². The first kappa shape index (κ1) is 12.4. The van der Waals surface area contributed by atoms with E-state index in [0.29, 0.717) is 17.2 Å². The molecular formula is C14H20FNO. The van der Waals surface area contributed by atoms with Gasteiger partial charge in [0, 0.05) is 12.1 Å². The Morgan fingerprint density at radius 3 is 2.71 bits per heavy atom. The van der Waals surface area contributed by atoms with Gasteiger partial charge in [0.1, 0.15) is 11.6 Å². The van der Waals surface area contributed by atoms with Crippen molar-refractivity contribution in [2.45, 2.75) is 32.1 Å². The van der Waals surface area contributed by atoms with E-state index >= 15 is 0 Å². The van der Waals surface area contributed by atoms with E-state index in [1.54, 1.807) is 13.2 Å². The van der Waals surface area contributed by atoms with Crippen LogP contribution in [0.25, 0.3) is 0 Å². The maximum absolute atomic E-state index is 14.1. The number of methoxy groups -OCH3 is 1. The van der Waals surface area contributed by atoms with Crippen LogP contribution in [0, 0.1) is 5.82 Å². The molecule has 0 bridgehead atoms. The van der Waals surface area contributed by atoms with Gasteiger partial charge in [-0.05, 0) is 42.5 Å². The average molecular weight is 237 g/mol. The minimum Gasteiger partial charge on any atom is -0.496 e. The highest BCUT2D eigenvalue weighted by molar-refractivity contribution is 5.42. The molecule has 1 fully saturated rings. The Balaban J connectivity index is 2.40. The van der Waals surface area contributed by atoms with Gasteiger partial charge in [0.25, 0.3) is 0 Å². The number of hydrogen-bond donors (Lipinski definition) is 1. The van der Waals surface area contributed by atoms with E-state index < -0.39 is 0 Å². The van der Waals surface area contributed by atoms with E-state index in [1.807, 2.05) is 19.9 Å². The summed E-state index contributed by atoms with van der Waals surface area (Å²) < 4.78 is 19.4. The molecule has 0 aromatic heterocycles. The van der Waals surface area contributed by atoms with Gasteiger partial charge < -0.3 is 10.1 Å². The van der Waals surface area contributed by atoms with Crippen molar-refractivity contribution in [1.29, 1.82) is 0 Å². The van der Waals surface area contributed by atoms with Gasteiger partial charge in [-0.1, -0.05) is 13.8 Å². The molecule has 94 valence electrons. The molecule has 0 saturated carbocycles. The zero-order valence-electron chi connectivity index (χ0n) is 10.7. The SMILES string of the molecule is COc1cc(C2CCNC2)cc(F)c1C(C)C. The second-order valence-electron chi connectivity index (χ2n) is 4.96. The fourth-order valence-electron chi connectivity index (χ4n) is 2.52. The van der Waals surface area contributed by atoms with Crippen molar-refractivity contribution in [3.63, 3.8) is 0 Å². The molecule has 2 nitrogen and oxygen atoms in total. The van der Waals surface area contributed by atoms with Crippen molar-refractivity contribution >= 4 is 0 Å². The largest absolute Gasteiger partial charge is 0.496 e. The quantitative estimate of drug-likeness (QED) is 0.872. The van der Waals surface area contributed by atoms with Crippen LogP contribution in [-0.2, 0) is 0 Å². The molecule has 1 aromatic rings. The van der Waals surface area contributed by atoms with Crippen LogP contribution in [-0.4, -0.2) is 20.2 Å². The molecule has 1 saturated heterocycles. The number of nitrogens with one attached hydrogen (secondary N) is 1.